The van der Waals surface area contributed by atoms with E-state index in [-0.39, 0.29) is 17.5 Å². The Balaban J connectivity index is 1.47. The molecule has 4 atom stereocenters. The molecule has 1 fully saturated rings. The van der Waals surface area contributed by atoms with Gasteiger partial charge in [0.15, 0.2) is 23.1 Å². The third-order valence-corrected chi connectivity index (χ3v) is 9.40. The normalized spacial score (nSPS) is 22.1. The average molecular weight is 615 g/mol. The molecule has 4 aromatic rings. The minimum atomic E-state index is -1.41. The number of anilines is 1. The fourth-order valence-corrected chi connectivity index (χ4v) is 7.44. The van der Waals surface area contributed by atoms with Crippen molar-refractivity contribution in [2.75, 3.05) is 26.1 Å². The first-order valence-corrected chi connectivity index (χ1v) is 15.4. The molecule has 232 valence electrons. The van der Waals surface area contributed by atoms with Crippen LogP contribution in [0.5, 0.6) is 17.2 Å². The SMILES string of the molecule is CCCOc1ccc(C(=O)[C@@H]2[C@H](C(=O)c3ccc(OC)c(OC)c3)N3C=Cc4ccccc4[C@@H]3[C@]23C(=O)Nc2ccccc23)cc1. The van der Waals surface area contributed by atoms with Crippen LogP contribution in [0, 0.1) is 5.92 Å². The summed E-state index contributed by atoms with van der Waals surface area (Å²) in [6.07, 6.45) is 4.66. The van der Waals surface area contributed by atoms with E-state index in [0.29, 0.717) is 46.2 Å². The maximum atomic E-state index is 15.0. The molecule has 1 N–H and O–H groups in total. The van der Waals surface area contributed by atoms with Crippen LogP contribution in [0.1, 0.15) is 56.8 Å². The molecule has 46 heavy (non-hydrogen) atoms. The zero-order chi connectivity index (χ0) is 32.0. The predicted octanol–water partition coefficient (Wildman–Crippen LogP) is 6.47. The molecule has 0 unspecified atom stereocenters. The van der Waals surface area contributed by atoms with Crippen LogP contribution in [0.25, 0.3) is 6.08 Å². The van der Waals surface area contributed by atoms with E-state index in [1.807, 2.05) is 72.6 Å². The fourth-order valence-electron chi connectivity index (χ4n) is 7.44. The first-order valence-electron chi connectivity index (χ1n) is 15.4. The summed E-state index contributed by atoms with van der Waals surface area (Å²) in [7, 11) is 3.04. The van der Waals surface area contributed by atoms with E-state index in [0.717, 1.165) is 17.5 Å². The first-order chi connectivity index (χ1) is 22.4. The second-order valence-corrected chi connectivity index (χ2v) is 11.8. The van der Waals surface area contributed by atoms with Crippen LogP contribution >= 0.6 is 0 Å². The standard InChI is InChI=1S/C38H34N2O6/c1-4-21-46-26-16-13-24(14-17-26)34(41)32-33(35(42)25-15-18-30(44-2)31(22-25)45-3)40-20-19-23-9-5-6-10-27(23)36(40)38(32)28-11-7-8-12-29(28)39-37(38)43/h5-20,22,32-33,36H,4,21H2,1-3H3,(H,39,43)/t32-,33+,36+,38+/m0/s1. The number of nitrogens with one attached hydrogen (secondary N) is 1. The summed E-state index contributed by atoms with van der Waals surface area (Å²) < 4.78 is 16.7. The Kier molecular flexibility index (Phi) is 7.35. The van der Waals surface area contributed by atoms with E-state index < -0.39 is 23.4 Å². The van der Waals surface area contributed by atoms with Crippen molar-refractivity contribution in [3.8, 4) is 17.2 Å². The number of benzene rings is 4. The minimum absolute atomic E-state index is 0.298. The number of nitrogens with zero attached hydrogens (tertiary/aromatic N) is 1. The number of hydrogen-bond acceptors (Lipinski definition) is 7. The van der Waals surface area contributed by atoms with Crippen molar-refractivity contribution >= 4 is 29.2 Å². The molecule has 7 rings (SSSR count). The first kappa shape index (κ1) is 29.3. The lowest BCUT2D eigenvalue weighted by atomic mass is 9.62. The number of para-hydroxylation sites is 1. The summed E-state index contributed by atoms with van der Waals surface area (Å²) in [6, 6.07) is 25.6. The van der Waals surface area contributed by atoms with E-state index in [4.69, 9.17) is 14.2 Å². The van der Waals surface area contributed by atoms with Gasteiger partial charge in [-0.2, -0.15) is 0 Å². The molecule has 0 aliphatic carbocycles. The lowest BCUT2D eigenvalue weighted by molar-refractivity contribution is -0.122. The highest BCUT2D eigenvalue weighted by atomic mass is 16.5. The quantitative estimate of drug-likeness (QED) is 0.216. The van der Waals surface area contributed by atoms with Crippen LogP contribution in [0.15, 0.2) is 97.2 Å². The number of amides is 1. The molecule has 0 bridgehead atoms. The molecule has 3 heterocycles. The highest BCUT2D eigenvalue weighted by Gasteiger charge is 2.70. The second kappa shape index (κ2) is 11.5. The molecule has 3 aliphatic heterocycles. The van der Waals surface area contributed by atoms with Crippen LogP contribution in [-0.4, -0.2) is 49.2 Å². The molecule has 0 saturated carbocycles. The Hall–Kier alpha value is -5.37. The van der Waals surface area contributed by atoms with Gasteiger partial charge in [-0.3, -0.25) is 14.4 Å². The topological polar surface area (TPSA) is 94.2 Å². The molecule has 0 aromatic heterocycles. The number of fused-ring (bicyclic) bond motifs is 6. The van der Waals surface area contributed by atoms with Gasteiger partial charge in [-0.25, -0.2) is 0 Å². The molecule has 1 spiro atoms. The predicted molar refractivity (Wildman–Crippen MR) is 175 cm³/mol. The average Bonchev–Trinajstić information content (AvgIpc) is 3.58. The van der Waals surface area contributed by atoms with E-state index in [2.05, 4.69) is 5.32 Å². The number of carbonyl (C=O) groups excluding carboxylic acids is 3. The minimum Gasteiger partial charge on any atom is -0.494 e. The lowest BCUT2D eigenvalue weighted by Gasteiger charge is -2.38. The summed E-state index contributed by atoms with van der Waals surface area (Å²) in [5, 5.41) is 3.09. The van der Waals surface area contributed by atoms with Gasteiger partial charge < -0.3 is 24.4 Å². The number of Topliss-reactive ketones (excluding diaryl/α,β-unsaturated/α-hetero) is 2. The van der Waals surface area contributed by atoms with Gasteiger partial charge in [0.25, 0.3) is 0 Å². The zero-order valence-corrected chi connectivity index (χ0v) is 25.9. The molecular formula is C38H34N2O6. The van der Waals surface area contributed by atoms with Crippen LogP contribution in [0.2, 0.25) is 0 Å². The van der Waals surface area contributed by atoms with Crippen LogP contribution in [0.4, 0.5) is 5.69 Å². The van der Waals surface area contributed by atoms with Crippen molar-refractivity contribution in [3.63, 3.8) is 0 Å². The maximum Gasteiger partial charge on any atom is 0.238 e. The summed E-state index contributed by atoms with van der Waals surface area (Å²) in [5.74, 6) is -0.466. The monoisotopic (exact) mass is 614 g/mol. The van der Waals surface area contributed by atoms with Crippen LogP contribution in [0.3, 0.4) is 0 Å². The number of ether oxygens (including phenoxy) is 3. The summed E-state index contributed by atoms with van der Waals surface area (Å²) in [5.41, 5.74) is 2.47. The van der Waals surface area contributed by atoms with Gasteiger partial charge in [0.2, 0.25) is 5.91 Å². The van der Waals surface area contributed by atoms with Gasteiger partial charge in [0.05, 0.1) is 32.8 Å². The van der Waals surface area contributed by atoms with Gasteiger partial charge in [0, 0.05) is 23.0 Å². The smallest absolute Gasteiger partial charge is 0.238 e. The second-order valence-electron chi connectivity index (χ2n) is 11.8. The number of carbonyl (C=O) groups is 3. The lowest BCUT2D eigenvalue weighted by Crippen LogP contribution is -2.49. The molecule has 0 radical (unpaired) electrons. The summed E-state index contributed by atoms with van der Waals surface area (Å²) in [6.45, 7) is 2.58. The Labute approximate surface area is 267 Å². The highest BCUT2D eigenvalue weighted by molar-refractivity contribution is 6.16. The molecule has 4 aromatic carbocycles. The number of ketones is 2. The van der Waals surface area contributed by atoms with Crippen molar-refractivity contribution < 1.29 is 28.6 Å². The summed E-state index contributed by atoms with van der Waals surface area (Å²) >= 11 is 0. The van der Waals surface area contributed by atoms with E-state index >= 15 is 4.79 Å². The molecule has 1 saturated heterocycles. The van der Waals surface area contributed by atoms with Gasteiger partial charge in [-0.05, 0) is 77.7 Å². The van der Waals surface area contributed by atoms with Crippen molar-refractivity contribution in [2.45, 2.75) is 30.8 Å². The van der Waals surface area contributed by atoms with Gasteiger partial charge in [0.1, 0.15) is 17.2 Å². The van der Waals surface area contributed by atoms with Crippen molar-refractivity contribution in [1.82, 2.24) is 4.90 Å². The Morgan fingerprint density at radius 3 is 2.33 bits per heavy atom. The fraction of sp³-hybridized carbons (Fsp3) is 0.237. The molecule has 3 aliphatic rings. The van der Waals surface area contributed by atoms with E-state index in [1.165, 1.54) is 14.2 Å². The molecule has 8 nitrogen and oxygen atoms in total. The summed E-state index contributed by atoms with van der Waals surface area (Å²) in [4.78, 5) is 46.5. The van der Waals surface area contributed by atoms with Crippen molar-refractivity contribution in [3.05, 3.63) is 125 Å². The third-order valence-electron chi connectivity index (χ3n) is 9.40. The van der Waals surface area contributed by atoms with E-state index in [1.54, 1.807) is 42.5 Å². The Morgan fingerprint density at radius 2 is 1.57 bits per heavy atom. The maximum absolute atomic E-state index is 15.0. The zero-order valence-electron chi connectivity index (χ0n) is 25.9. The Morgan fingerprint density at radius 1 is 0.848 bits per heavy atom. The Bertz CT molecular complexity index is 1880. The van der Waals surface area contributed by atoms with Crippen molar-refractivity contribution in [1.29, 1.82) is 0 Å². The van der Waals surface area contributed by atoms with Crippen LogP contribution < -0.4 is 19.5 Å². The number of rotatable bonds is 9. The van der Waals surface area contributed by atoms with Gasteiger partial charge >= 0.3 is 0 Å². The van der Waals surface area contributed by atoms with E-state index in [9.17, 15) is 9.59 Å². The van der Waals surface area contributed by atoms with Crippen molar-refractivity contribution in [2.24, 2.45) is 5.92 Å². The number of hydrogen-bond donors (Lipinski definition) is 1. The number of methoxy groups -OCH3 is 2. The molecular weight excluding hydrogens is 580 g/mol. The molecule has 1 amide bonds. The third kappa shape index (κ3) is 4.31. The van der Waals surface area contributed by atoms with Crippen LogP contribution in [-0.2, 0) is 10.2 Å². The van der Waals surface area contributed by atoms with Gasteiger partial charge in [-0.15, -0.1) is 0 Å². The largest absolute Gasteiger partial charge is 0.494 e. The molecule has 8 heteroatoms. The highest BCUT2D eigenvalue weighted by Crippen LogP contribution is 2.62. The van der Waals surface area contributed by atoms with Gasteiger partial charge in [-0.1, -0.05) is 49.4 Å².